The normalized spacial score (nSPS) is 12.5. The van der Waals surface area contributed by atoms with Gasteiger partial charge in [0.05, 0.1) is 21.4 Å². The molecule has 0 unspecified atom stereocenters. The van der Waals surface area contributed by atoms with Crippen molar-refractivity contribution in [1.29, 1.82) is 0 Å². The quantitative estimate of drug-likeness (QED) is 0.164. The first-order valence-corrected chi connectivity index (χ1v) is 12.2. The van der Waals surface area contributed by atoms with Gasteiger partial charge in [-0.05, 0) is 66.4 Å². The fourth-order valence-corrected chi connectivity index (χ4v) is 4.75. The zero-order valence-electron chi connectivity index (χ0n) is 18.1. The van der Waals surface area contributed by atoms with Crippen LogP contribution in [0, 0.1) is 6.92 Å². The molecule has 1 heterocycles. The molecule has 0 saturated heterocycles. The van der Waals surface area contributed by atoms with E-state index in [1.807, 2.05) is 6.92 Å². The summed E-state index contributed by atoms with van der Waals surface area (Å²) >= 11 is 0. The van der Waals surface area contributed by atoms with E-state index in [1.54, 1.807) is 12.1 Å². The van der Waals surface area contributed by atoms with E-state index >= 15 is 0 Å². The molecule has 4 aromatic carbocycles. The molecule has 164 valence electrons. The smallest absolute Gasteiger partial charge is 0.364 e. The maximum absolute atomic E-state index is 10.4. The number of hydrogen-bond donors (Lipinski definition) is 0. The Hall–Kier alpha value is -3.54. The fourth-order valence-electron chi connectivity index (χ4n) is 4.28. The summed E-state index contributed by atoms with van der Waals surface area (Å²) in [6.45, 7) is 1.82. The zero-order chi connectivity index (χ0) is 23.0. The first kappa shape index (κ1) is 21.3. The minimum Gasteiger partial charge on any atom is -0.744 e. The fraction of sp³-hybridized carbons (Fsp3) is 0.107. The molecule has 5 heteroatoms. The van der Waals surface area contributed by atoms with E-state index in [-0.39, 0.29) is 4.90 Å². The molecule has 0 radical (unpaired) electrons. The maximum atomic E-state index is 10.4. The van der Waals surface area contributed by atoms with Crippen LogP contribution >= 0.6 is 0 Å². The number of benzene rings is 4. The second-order valence-corrected chi connectivity index (χ2v) is 9.60. The van der Waals surface area contributed by atoms with Crippen LogP contribution in [-0.4, -0.2) is 13.0 Å². The largest absolute Gasteiger partial charge is 0.744 e. The van der Waals surface area contributed by atoms with Crippen LogP contribution in [0.25, 0.3) is 33.1 Å². The summed E-state index contributed by atoms with van der Waals surface area (Å²) in [6, 6.07) is 29.4. The van der Waals surface area contributed by atoms with Crippen molar-refractivity contribution < 1.29 is 17.4 Å². The van der Waals surface area contributed by atoms with Gasteiger partial charge >= 0.3 is 11.3 Å². The molecule has 1 aliphatic carbocycles. The third-order valence-corrected chi connectivity index (χ3v) is 6.84. The summed E-state index contributed by atoms with van der Waals surface area (Å²) in [5.74, 6) is 1.05. The van der Waals surface area contributed by atoms with Crippen molar-refractivity contribution in [1.82, 2.24) is 0 Å². The monoisotopic (exact) mass is 454 g/mol. The van der Waals surface area contributed by atoms with Gasteiger partial charge in [0.25, 0.3) is 0 Å². The van der Waals surface area contributed by atoms with Crippen molar-refractivity contribution in [3.8, 4) is 11.3 Å². The Balaban J connectivity index is 0.000000177. The Morgan fingerprint density at radius 2 is 1.45 bits per heavy atom. The molecule has 0 atom stereocenters. The molecule has 4 nitrogen and oxygen atoms in total. The van der Waals surface area contributed by atoms with E-state index in [0.29, 0.717) is 0 Å². The van der Waals surface area contributed by atoms with E-state index in [9.17, 15) is 13.0 Å². The molecule has 1 aromatic heterocycles. The van der Waals surface area contributed by atoms with E-state index in [1.165, 1.54) is 45.0 Å². The lowest BCUT2D eigenvalue weighted by molar-refractivity contribution is 0.463. The standard InChI is InChI=1S/C21H15O.C7H8O3S/c1-3-7-17-14(5-1)11-12-20-19(17)13-16-10-9-15-6-2-4-8-18(15)21(16)22-20;1-6-2-4-7(5-3-6)11(8,9)10/h1-8,11-13H,9-10H2;2-5H,1H3,(H,8,9,10)/q+1;/p-1. The van der Waals surface area contributed by atoms with Crippen molar-refractivity contribution in [2.24, 2.45) is 0 Å². The average molecular weight is 455 g/mol. The second-order valence-electron chi connectivity index (χ2n) is 8.22. The van der Waals surface area contributed by atoms with Crippen molar-refractivity contribution in [3.05, 3.63) is 108 Å². The Kier molecular flexibility index (Phi) is 5.44. The minimum absolute atomic E-state index is 0.178. The van der Waals surface area contributed by atoms with Gasteiger partial charge in [0.15, 0.2) is 0 Å². The highest BCUT2D eigenvalue weighted by Crippen LogP contribution is 2.37. The van der Waals surface area contributed by atoms with Gasteiger partial charge in [-0.1, -0.05) is 60.2 Å². The van der Waals surface area contributed by atoms with Crippen LogP contribution in [-0.2, 0) is 23.0 Å². The SMILES string of the molecule is Cc1ccc(S(=O)(=O)[O-])cc1.c1ccc2c(c1)CCc1cc3c(ccc4ccccc43)[o+]c1-2. The van der Waals surface area contributed by atoms with Gasteiger partial charge < -0.3 is 4.55 Å². The molecular weight excluding hydrogens is 432 g/mol. The van der Waals surface area contributed by atoms with Crippen LogP contribution in [0.4, 0.5) is 0 Å². The van der Waals surface area contributed by atoms with Crippen molar-refractivity contribution >= 4 is 31.9 Å². The van der Waals surface area contributed by atoms with Gasteiger partial charge in [0, 0.05) is 6.07 Å². The molecule has 0 N–H and O–H groups in total. The van der Waals surface area contributed by atoms with Crippen LogP contribution in [0.3, 0.4) is 0 Å². The van der Waals surface area contributed by atoms with Crippen molar-refractivity contribution in [3.63, 3.8) is 0 Å². The van der Waals surface area contributed by atoms with E-state index in [2.05, 4.69) is 66.7 Å². The van der Waals surface area contributed by atoms with E-state index in [4.69, 9.17) is 4.42 Å². The molecule has 6 rings (SSSR count). The lowest BCUT2D eigenvalue weighted by Crippen LogP contribution is -2.03. The Bertz CT molecular complexity index is 1590. The van der Waals surface area contributed by atoms with Crippen LogP contribution < -0.4 is 0 Å². The molecule has 0 aliphatic heterocycles. The molecule has 0 fully saturated rings. The third-order valence-electron chi connectivity index (χ3n) is 5.99. The highest BCUT2D eigenvalue weighted by Gasteiger charge is 2.27. The molecule has 0 amide bonds. The lowest BCUT2D eigenvalue weighted by Gasteiger charge is -2.12. The molecule has 1 aliphatic rings. The number of aryl methyl sites for hydroxylation is 3. The predicted molar refractivity (Wildman–Crippen MR) is 130 cm³/mol. The van der Waals surface area contributed by atoms with Crippen LogP contribution in [0.1, 0.15) is 16.7 Å². The molecular formula is C28H22O4S. The summed E-state index contributed by atoms with van der Waals surface area (Å²) in [5, 5.41) is 3.75. The molecule has 33 heavy (non-hydrogen) atoms. The van der Waals surface area contributed by atoms with Gasteiger partial charge in [0.1, 0.15) is 10.1 Å². The topological polar surface area (TPSA) is 68.5 Å². The molecule has 0 saturated carbocycles. The Morgan fingerprint density at radius 3 is 2.24 bits per heavy atom. The Morgan fingerprint density at radius 1 is 0.758 bits per heavy atom. The van der Waals surface area contributed by atoms with Crippen molar-refractivity contribution in [2.45, 2.75) is 24.7 Å². The number of fused-ring (bicyclic) bond motifs is 6. The lowest BCUT2D eigenvalue weighted by atomic mass is 9.89. The van der Waals surface area contributed by atoms with E-state index < -0.39 is 10.1 Å². The van der Waals surface area contributed by atoms with E-state index in [0.717, 1.165) is 29.7 Å². The van der Waals surface area contributed by atoms with Gasteiger partial charge in [-0.2, -0.15) is 0 Å². The second kappa shape index (κ2) is 8.43. The molecule has 5 aromatic rings. The van der Waals surface area contributed by atoms with Gasteiger partial charge in [-0.3, -0.25) is 0 Å². The predicted octanol–water partition coefficient (Wildman–Crippen LogP) is 6.53. The van der Waals surface area contributed by atoms with Crippen LogP contribution in [0.2, 0.25) is 0 Å². The number of hydrogen-bond acceptors (Lipinski definition) is 3. The summed E-state index contributed by atoms with van der Waals surface area (Å²) in [7, 11) is -4.27. The summed E-state index contributed by atoms with van der Waals surface area (Å²) in [6.07, 6.45) is 2.14. The van der Waals surface area contributed by atoms with Gasteiger partial charge in [0.2, 0.25) is 0 Å². The maximum Gasteiger partial charge on any atom is 0.364 e. The molecule has 0 bridgehead atoms. The minimum atomic E-state index is -4.27. The Labute approximate surface area is 192 Å². The van der Waals surface area contributed by atoms with Crippen molar-refractivity contribution in [2.75, 3.05) is 0 Å². The molecule has 0 spiro atoms. The highest BCUT2D eigenvalue weighted by molar-refractivity contribution is 7.85. The average Bonchev–Trinajstić information content (AvgIpc) is 2.83. The van der Waals surface area contributed by atoms with Crippen LogP contribution in [0.15, 0.2) is 100 Å². The first-order valence-electron chi connectivity index (χ1n) is 10.8. The third kappa shape index (κ3) is 4.25. The van der Waals surface area contributed by atoms with Crippen LogP contribution in [0.5, 0.6) is 0 Å². The van der Waals surface area contributed by atoms with Gasteiger partial charge in [-0.25, -0.2) is 12.8 Å². The van der Waals surface area contributed by atoms with Gasteiger partial charge in [-0.15, -0.1) is 0 Å². The highest BCUT2D eigenvalue weighted by atomic mass is 32.2. The first-order chi connectivity index (χ1) is 15.9. The summed E-state index contributed by atoms with van der Waals surface area (Å²) < 4.78 is 37.5. The zero-order valence-corrected chi connectivity index (χ0v) is 18.9. The summed E-state index contributed by atoms with van der Waals surface area (Å²) in [4.78, 5) is -0.178. The summed E-state index contributed by atoms with van der Waals surface area (Å²) in [5.41, 5.74) is 5.85. The number of rotatable bonds is 1.